The molecular weight excluding hydrogens is 446 g/mol. The average molecular weight is 476 g/mol. The molecule has 0 unspecified atom stereocenters. The van der Waals surface area contributed by atoms with Crippen LogP contribution in [0.3, 0.4) is 0 Å². The maximum Gasteiger partial charge on any atom is 0.303 e. The van der Waals surface area contributed by atoms with Crippen LogP contribution in [-0.4, -0.2) is 71.0 Å². The lowest BCUT2D eigenvalue weighted by molar-refractivity contribution is -0.181. The van der Waals surface area contributed by atoms with Gasteiger partial charge in [-0.3, -0.25) is 14.4 Å². The minimum absolute atomic E-state index is 0.224. The Balaban J connectivity index is 2.24. The third-order valence-corrected chi connectivity index (χ3v) is 5.44. The SMILES string of the molecule is C=C(N)c1cc([C@@H]2O[C@H](COC(C)=O)[C@@H](OC(C)=O)[C@@]2(C)OC(C)=O)n2ncnc(N(C)C)c12. The van der Waals surface area contributed by atoms with Crippen molar-refractivity contribution in [2.24, 2.45) is 5.73 Å². The quantitative estimate of drug-likeness (QED) is 0.451. The molecule has 3 heterocycles. The zero-order valence-electron chi connectivity index (χ0n) is 20.0. The molecule has 12 heteroatoms. The summed E-state index contributed by atoms with van der Waals surface area (Å²) in [5, 5.41) is 4.37. The normalized spacial score (nSPS) is 24.0. The Bertz CT molecular complexity index is 1140. The molecule has 3 rings (SSSR count). The molecule has 1 fully saturated rings. The largest absolute Gasteiger partial charge is 0.463 e. The van der Waals surface area contributed by atoms with E-state index in [9.17, 15) is 14.4 Å². The summed E-state index contributed by atoms with van der Waals surface area (Å²) in [6, 6.07) is 1.71. The number of carbonyl (C=O) groups excluding carboxylic acids is 3. The molecule has 0 aliphatic carbocycles. The van der Waals surface area contributed by atoms with Crippen molar-refractivity contribution in [3.8, 4) is 0 Å². The lowest BCUT2D eigenvalue weighted by atomic mass is 9.90. The molecule has 12 nitrogen and oxygen atoms in total. The third-order valence-electron chi connectivity index (χ3n) is 5.44. The highest BCUT2D eigenvalue weighted by Gasteiger charge is 2.60. The van der Waals surface area contributed by atoms with Crippen molar-refractivity contribution < 1.29 is 33.3 Å². The minimum Gasteiger partial charge on any atom is -0.463 e. The van der Waals surface area contributed by atoms with Crippen LogP contribution in [0.4, 0.5) is 5.82 Å². The van der Waals surface area contributed by atoms with E-state index < -0.39 is 41.8 Å². The number of carbonyl (C=O) groups is 3. The number of ether oxygens (including phenoxy) is 4. The molecule has 2 N–H and O–H groups in total. The number of hydrogen-bond donors (Lipinski definition) is 1. The molecule has 0 aromatic carbocycles. The van der Waals surface area contributed by atoms with Gasteiger partial charge < -0.3 is 29.6 Å². The van der Waals surface area contributed by atoms with Crippen molar-refractivity contribution in [2.75, 3.05) is 25.6 Å². The summed E-state index contributed by atoms with van der Waals surface area (Å²) < 4.78 is 24.2. The van der Waals surface area contributed by atoms with E-state index in [1.54, 1.807) is 22.4 Å². The summed E-state index contributed by atoms with van der Waals surface area (Å²) in [5.41, 5.74) is 6.42. The molecule has 1 aliphatic heterocycles. The second kappa shape index (κ2) is 9.29. The van der Waals surface area contributed by atoms with Crippen molar-refractivity contribution in [1.82, 2.24) is 14.6 Å². The monoisotopic (exact) mass is 475 g/mol. The Morgan fingerprint density at radius 2 is 1.91 bits per heavy atom. The number of fused-ring (bicyclic) bond motifs is 1. The Labute approximate surface area is 196 Å². The first-order valence-electron chi connectivity index (χ1n) is 10.5. The van der Waals surface area contributed by atoms with E-state index >= 15 is 0 Å². The Morgan fingerprint density at radius 3 is 2.44 bits per heavy atom. The van der Waals surface area contributed by atoms with Crippen LogP contribution in [0.5, 0.6) is 0 Å². The summed E-state index contributed by atoms with van der Waals surface area (Å²) in [7, 11) is 3.64. The fourth-order valence-corrected chi connectivity index (χ4v) is 4.19. The van der Waals surface area contributed by atoms with Gasteiger partial charge in [0, 0.05) is 46.1 Å². The van der Waals surface area contributed by atoms with Gasteiger partial charge in [0.1, 0.15) is 30.7 Å². The number of anilines is 1. The van der Waals surface area contributed by atoms with Crippen LogP contribution in [0, 0.1) is 0 Å². The molecule has 1 aliphatic rings. The summed E-state index contributed by atoms with van der Waals surface area (Å²) in [4.78, 5) is 41.7. The second-order valence-corrected chi connectivity index (χ2v) is 8.41. The van der Waals surface area contributed by atoms with Gasteiger partial charge in [0.2, 0.25) is 0 Å². The number of esters is 3. The van der Waals surface area contributed by atoms with E-state index in [4.69, 9.17) is 24.7 Å². The number of hydrogen-bond acceptors (Lipinski definition) is 11. The molecule has 4 atom stereocenters. The van der Waals surface area contributed by atoms with Crippen LogP contribution in [0.2, 0.25) is 0 Å². The highest BCUT2D eigenvalue weighted by atomic mass is 16.7. The molecule has 34 heavy (non-hydrogen) atoms. The topological polar surface area (TPSA) is 148 Å². The van der Waals surface area contributed by atoms with E-state index in [1.807, 2.05) is 14.1 Å². The van der Waals surface area contributed by atoms with Gasteiger partial charge in [-0.15, -0.1) is 0 Å². The fraction of sp³-hybridized carbons (Fsp3) is 0.500. The van der Waals surface area contributed by atoms with Crippen LogP contribution in [0.1, 0.15) is 45.1 Å². The van der Waals surface area contributed by atoms with Crippen molar-refractivity contribution in [3.63, 3.8) is 0 Å². The molecule has 0 amide bonds. The van der Waals surface area contributed by atoms with Crippen LogP contribution in [0.25, 0.3) is 11.2 Å². The highest BCUT2D eigenvalue weighted by Crippen LogP contribution is 2.47. The summed E-state index contributed by atoms with van der Waals surface area (Å²) >= 11 is 0. The van der Waals surface area contributed by atoms with Gasteiger partial charge in [-0.1, -0.05) is 6.58 Å². The highest BCUT2D eigenvalue weighted by molar-refractivity contribution is 5.85. The van der Waals surface area contributed by atoms with Crippen LogP contribution < -0.4 is 10.6 Å². The lowest BCUT2D eigenvalue weighted by Gasteiger charge is -2.33. The predicted molar refractivity (Wildman–Crippen MR) is 121 cm³/mol. The van der Waals surface area contributed by atoms with Crippen molar-refractivity contribution in [1.29, 1.82) is 0 Å². The first-order valence-corrected chi connectivity index (χ1v) is 10.5. The van der Waals surface area contributed by atoms with Gasteiger partial charge >= 0.3 is 17.9 Å². The Hall–Kier alpha value is -3.67. The molecule has 2 aromatic rings. The van der Waals surface area contributed by atoms with Crippen molar-refractivity contribution >= 4 is 34.9 Å². The zero-order chi connectivity index (χ0) is 25.4. The summed E-state index contributed by atoms with van der Waals surface area (Å²) in [5.74, 6) is -1.20. The molecule has 0 radical (unpaired) electrons. The van der Waals surface area contributed by atoms with Crippen molar-refractivity contribution in [2.45, 2.75) is 51.6 Å². The zero-order valence-corrected chi connectivity index (χ0v) is 20.0. The van der Waals surface area contributed by atoms with Gasteiger partial charge in [-0.05, 0) is 13.0 Å². The fourth-order valence-electron chi connectivity index (χ4n) is 4.19. The molecule has 0 bridgehead atoms. The maximum atomic E-state index is 12.1. The lowest BCUT2D eigenvalue weighted by Crippen LogP contribution is -2.49. The van der Waals surface area contributed by atoms with Gasteiger partial charge in [0.05, 0.1) is 5.69 Å². The molecule has 0 saturated carbocycles. The molecular formula is C22H29N5O7. The first kappa shape index (κ1) is 25.0. The van der Waals surface area contributed by atoms with Gasteiger partial charge in [0.25, 0.3) is 0 Å². The van der Waals surface area contributed by atoms with E-state index in [1.165, 1.54) is 27.1 Å². The number of nitrogens with zero attached hydrogens (tertiary/aromatic N) is 4. The number of nitrogens with two attached hydrogens (primary N) is 1. The third kappa shape index (κ3) is 4.53. The first-order chi connectivity index (χ1) is 15.9. The minimum atomic E-state index is -1.49. The van der Waals surface area contributed by atoms with Gasteiger partial charge in [-0.2, -0.15) is 5.10 Å². The van der Waals surface area contributed by atoms with Gasteiger partial charge in [0.15, 0.2) is 17.5 Å². The van der Waals surface area contributed by atoms with E-state index in [0.29, 0.717) is 22.6 Å². The Kier molecular flexibility index (Phi) is 6.82. The van der Waals surface area contributed by atoms with E-state index in [0.717, 1.165) is 0 Å². The van der Waals surface area contributed by atoms with Crippen LogP contribution >= 0.6 is 0 Å². The maximum absolute atomic E-state index is 12.1. The van der Waals surface area contributed by atoms with Crippen LogP contribution in [0.15, 0.2) is 19.0 Å². The van der Waals surface area contributed by atoms with Crippen LogP contribution in [-0.2, 0) is 33.3 Å². The smallest absolute Gasteiger partial charge is 0.303 e. The second-order valence-electron chi connectivity index (χ2n) is 8.41. The average Bonchev–Trinajstić information content (AvgIpc) is 3.22. The van der Waals surface area contributed by atoms with E-state index in [-0.39, 0.29) is 12.3 Å². The standard InChI is InChI=1S/C22H29N5O7/c1-11(23)15-8-16(27-18(15)21(26(6)7)24-10-25-27)19-22(5,34-14(4)30)20(32-13(3)29)17(33-19)9-31-12(2)28/h8,10,17,19-20H,1,9,23H2,2-7H3/t17-,19+,20-,22+/m1/s1. The molecule has 184 valence electrons. The predicted octanol–water partition coefficient (Wildman–Crippen LogP) is 0.981. The molecule has 2 aromatic heterocycles. The number of rotatable bonds is 7. The summed E-state index contributed by atoms with van der Waals surface area (Å²) in [6.07, 6.45) is -1.62. The van der Waals surface area contributed by atoms with Gasteiger partial charge in [-0.25, -0.2) is 9.50 Å². The van der Waals surface area contributed by atoms with Crippen molar-refractivity contribution in [3.05, 3.63) is 30.2 Å². The Morgan fingerprint density at radius 1 is 1.24 bits per heavy atom. The molecule has 1 saturated heterocycles. The molecule has 0 spiro atoms. The number of aromatic nitrogens is 3. The van der Waals surface area contributed by atoms with E-state index in [2.05, 4.69) is 16.7 Å². The summed E-state index contributed by atoms with van der Waals surface area (Å²) in [6.45, 7) is 8.93.